The van der Waals surface area contributed by atoms with E-state index in [1.165, 1.54) is 0 Å². The highest BCUT2D eigenvalue weighted by molar-refractivity contribution is 5.32. The molecule has 1 aliphatic rings. The Morgan fingerprint density at radius 1 is 1.38 bits per heavy atom. The van der Waals surface area contributed by atoms with Crippen molar-refractivity contribution in [2.24, 2.45) is 5.73 Å². The third-order valence-electron chi connectivity index (χ3n) is 3.38. The van der Waals surface area contributed by atoms with E-state index in [1.807, 2.05) is 6.07 Å². The van der Waals surface area contributed by atoms with Crippen LogP contribution in [0.5, 0.6) is 0 Å². The van der Waals surface area contributed by atoms with Gasteiger partial charge in [0.1, 0.15) is 0 Å². The summed E-state index contributed by atoms with van der Waals surface area (Å²) in [6.45, 7) is 1.72. The minimum atomic E-state index is -2.38. The number of aryl methyl sites for hydroxylation is 2. The van der Waals surface area contributed by atoms with Crippen LogP contribution < -0.4 is 5.73 Å². The predicted octanol–water partition coefficient (Wildman–Crippen LogP) is 3.36. The summed E-state index contributed by atoms with van der Waals surface area (Å²) >= 11 is 0. The fourth-order valence-corrected chi connectivity index (χ4v) is 1.88. The van der Waals surface area contributed by atoms with Crippen LogP contribution >= 0.6 is 0 Å². The monoisotopic (exact) mass is 225 g/mol. The van der Waals surface area contributed by atoms with E-state index >= 15 is 0 Å². The average molecular weight is 225 g/mol. The van der Waals surface area contributed by atoms with E-state index in [0.717, 1.165) is 31.2 Å². The van der Waals surface area contributed by atoms with E-state index in [-0.39, 0.29) is 11.1 Å². The molecule has 88 valence electrons. The van der Waals surface area contributed by atoms with Gasteiger partial charge in [-0.25, -0.2) is 8.78 Å². The quantitative estimate of drug-likeness (QED) is 0.835. The SMILES string of the molecule is Cc1ccc(CCC2(N)CC2)cc1C(F)F. The third-order valence-corrected chi connectivity index (χ3v) is 3.38. The standard InChI is InChI=1S/C13H17F2N/c1-9-2-3-10(8-11(9)12(14)15)4-5-13(16)6-7-13/h2-3,8,12H,4-7,16H2,1H3. The first-order valence-electron chi connectivity index (χ1n) is 5.67. The fraction of sp³-hybridized carbons (Fsp3) is 0.538. The Morgan fingerprint density at radius 2 is 2.06 bits per heavy atom. The number of alkyl halides is 2. The number of hydrogen-bond donors (Lipinski definition) is 1. The lowest BCUT2D eigenvalue weighted by atomic mass is 10.00. The fourth-order valence-electron chi connectivity index (χ4n) is 1.88. The summed E-state index contributed by atoms with van der Waals surface area (Å²) in [5.74, 6) is 0. The highest BCUT2D eigenvalue weighted by atomic mass is 19.3. The lowest BCUT2D eigenvalue weighted by Crippen LogP contribution is -2.22. The second-order valence-electron chi connectivity index (χ2n) is 4.85. The molecule has 1 fully saturated rings. The molecule has 1 nitrogen and oxygen atoms in total. The number of hydrogen-bond acceptors (Lipinski definition) is 1. The Balaban J connectivity index is 2.06. The van der Waals surface area contributed by atoms with E-state index < -0.39 is 6.43 Å². The van der Waals surface area contributed by atoms with E-state index in [0.29, 0.717) is 5.56 Å². The molecule has 0 radical (unpaired) electrons. The highest BCUT2D eigenvalue weighted by Gasteiger charge is 2.37. The van der Waals surface area contributed by atoms with Crippen LogP contribution in [0.15, 0.2) is 18.2 Å². The second-order valence-corrected chi connectivity index (χ2v) is 4.85. The second kappa shape index (κ2) is 4.13. The van der Waals surface area contributed by atoms with Crippen molar-refractivity contribution in [1.82, 2.24) is 0 Å². The van der Waals surface area contributed by atoms with Crippen molar-refractivity contribution >= 4 is 0 Å². The van der Waals surface area contributed by atoms with Crippen LogP contribution in [0, 0.1) is 6.92 Å². The maximum atomic E-state index is 12.7. The molecule has 1 aromatic carbocycles. The van der Waals surface area contributed by atoms with Crippen LogP contribution in [0.4, 0.5) is 8.78 Å². The first-order chi connectivity index (χ1) is 7.50. The normalized spacial score (nSPS) is 17.8. The van der Waals surface area contributed by atoms with Crippen LogP contribution in [0.25, 0.3) is 0 Å². The molecule has 0 aromatic heterocycles. The molecule has 1 saturated carbocycles. The van der Waals surface area contributed by atoms with Gasteiger partial charge in [0.25, 0.3) is 6.43 Å². The third kappa shape index (κ3) is 2.59. The number of benzene rings is 1. The minimum absolute atomic E-state index is 0.00409. The van der Waals surface area contributed by atoms with Gasteiger partial charge in [0.2, 0.25) is 0 Å². The Kier molecular flexibility index (Phi) is 2.98. The van der Waals surface area contributed by atoms with Gasteiger partial charge in [-0.2, -0.15) is 0 Å². The summed E-state index contributed by atoms with van der Waals surface area (Å²) in [6.07, 6.45) is 1.46. The van der Waals surface area contributed by atoms with Gasteiger partial charge >= 0.3 is 0 Å². The molecule has 0 heterocycles. The van der Waals surface area contributed by atoms with Crippen LogP contribution in [0.2, 0.25) is 0 Å². The maximum absolute atomic E-state index is 12.7. The first kappa shape index (κ1) is 11.5. The van der Waals surface area contributed by atoms with Crippen LogP contribution in [-0.2, 0) is 6.42 Å². The van der Waals surface area contributed by atoms with Crippen molar-refractivity contribution < 1.29 is 8.78 Å². The minimum Gasteiger partial charge on any atom is -0.325 e. The van der Waals surface area contributed by atoms with E-state index in [9.17, 15) is 8.78 Å². The van der Waals surface area contributed by atoms with Gasteiger partial charge in [-0.05, 0) is 49.8 Å². The highest BCUT2D eigenvalue weighted by Crippen LogP contribution is 2.36. The summed E-state index contributed by atoms with van der Waals surface area (Å²) in [4.78, 5) is 0. The maximum Gasteiger partial charge on any atom is 0.264 e. The zero-order valence-corrected chi connectivity index (χ0v) is 9.47. The molecule has 0 saturated heterocycles. The van der Waals surface area contributed by atoms with Crippen LogP contribution in [0.3, 0.4) is 0 Å². The molecule has 3 heteroatoms. The Bertz CT molecular complexity index is 384. The smallest absolute Gasteiger partial charge is 0.264 e. The van der Waals surface area contributed by atoms with Gasteiger partial charge in [-0.15, -0.1) is 0 Å². The van der Waals surface area contributed by atoms with Crippen LogP contribution in [-0.4, -0.2) is 5.54 Å². The average Bonchev–Trinajstić information content (AvgIpc) is 2.96. The molecule has 0 aliphatic heterocycles. The van der Waals surface area contributed by atoms with Crippen molar-refractivity contribution in [3.05, 3.63) is 34.9 Å². The van der Waals surface area contributed by atoms with Gasteiger partial charge in [0, 0.05) is 11.1 Å². The Labute approximate surface area is 94.7 Å². The van der Waals surface area contributed by atoms with Crippen molar-refractivity contribution in [2.75, 3.05) is 0 Å². The summed E-state index contributed by atoms with van der Waals surface area (Å²) < 4.78 is 25.3. The Morgan fingerprint density at radius 3 is 2.62 bits per heavy atom. The molecule has 0 amide bonds. The predicted molar refractivity (Wildman–Crippen MR) is 60.6 cm³/mol. The summed E-state index contributed by atoms with van der Waals surface area (Å²) in [6, 6.07) is 5.31. The van der Waals surface area contributed by atoms with Gasteiger partial charge in [-0.1, -0.05) is 12.1 Å². The summed E-state index contributed by atoms with van der Waals surface area (Å²) in [5.41, 5.74) is 7.75. The van der Waals surface area contributed by atoms with Crippen molar-refractivity contribution in [3.63, 3.8) is 0 Å². The molecule has 0 spiro atoms. The molecular weight excluding hydrogens is 208 g/mol. The van der Waals surface area contributed by atoms with Gasteiger partial charge < -0.3 is 5.73 Å². The molecule has 0 unspecified atom stereocenters. The van der Waals surface area contributed by atoms with Gasteiger partial charge in [0.05, 0.1) is 0 Å². The molecule has 1 aliphatic carbocycles. The number of rotatable bonds is 4. The zero-order chi connectivity index (χ0) is 11.8. The molecule has 16 heavy (non-hydrogen) atoms. The largest absolute Gasteiger partial charge is 0.325 e. The van der Waals surface area contributed by atoms with E-state index in [2.05, 4.69) is 0 Å². The lowest BCUT2D eigenvalue weighted by Gasteiger charge is -2.10. The topological polar surface area (TPSA) is 26.0 Å². The molecule has 2 N–H and O–H groups in total. The zero-order valence-electron chi connectivity index (χ0n) is 9.47. The molecule has 1 aromatic rings. The molecule has 0 atom stereocenters. The molecule has 2 rings (SSSR count). The van der Waals surface area contributed by atoms with Crippen molar-refractivity contribution in [1.29, 1.82) is 0 Å². The summed E-state index contributed by atoms with van der Waals surface area (Å²) in [5, 5.41) is 0. The first-order valence-corrected chi connectivity index (χ1v) is 5.67. The molecule has 0 bridgehead atoms. The van der Waals surface area contributed by atoms with Crippen LogP contribution in [0.1, 0.15) is 42.4 Å². The Hall–Kier alpha value is -0.960. The number of halogens is 2. The van der Waals surface area contributed by atoms with Gasteiger partial charge in [-0.3, -0.25) is 0 Å². The summed E-state index contributed by atoms with van der Waals surface area (Å²) in [7, 11) is 0. The molecular formula is C13H17F2N. The van der Waals surface area contributed by atoms with E-state index in [4.69, 9.17) is 5.73 Å². The van der Waals surface area contributed by atoms with E-state index in [1.54, 1.807) is 19.1 Å². The van der Waals surface area contributed by atoms with Crippen molar-refractivity contribution in [2.45, 2.75) is 44.6 Å². The van der Waals surface area contributed by atoms with Crippen molar-refractivity contribution in [3.8, 4) is 0 Å². The van der Waals surface area contributed by atoms with Gasteiger partial charge in [0.15, 0.2) is 0 Å². The number of nitrogens with two attached hydrogens (primary N) is 1. The lowest BCUT2D eigenvalue weighted by molar-refractivity contribution is 0.150.